The average Bonchev–Trinajstić information content (AvgIpc) is 3.13. The van der Waals surface area contributed by atoms with Crippen LogP contribution >= 0.6 is 12.4 Å². The van der Waals surface area contributed by atoms with E-state index in [0.717, 1.165) is 17.8 Å². The second kappa shape index (κ2) is 7.10. The predicted molar refractivity (Wildman–Crippen MR) is 88.6 cm³/mol. The quantitative estimate of drug-likeness (QED) is 0.932. The van der Waals surface area contributed by atoms with E-state index in [-0.39, 0.29) is 30.2 Å². The van der Waals surface area contributed by atoms with Crippen molar-refractivity contribution in [2.75, 3.05) is 13.1 Å². The van der Waals surface area contributed by atoms with Crippen molar-refractivity contribution in [1.82, 2.24) is 14.7 Å². The van der Waals surface area contributed by atoms with Gasteiger partial charge in [0.25, 0.3) is 5.91 Å². The number of nitrogens with zero attached hydrogens (tertiary/aromatic N) is 3. The zero-order valence-electron chi connectivity index (χ0n) is 12.9. The first-order valence-electron chi connectivity index (χ1n) is 7.48. The molecule has 1 aliphatic heterocycles. The Labute approximate surface area is 140 Å². The van der Waals surface area contributed by atoms with Gasteiger partial charge in [-0.3, -0.25) is 4.79 Å². The molecule has 1 unspecified atom stereocenters. The molecule has 5 nitrogen and oxygen atoms in total. The molecule has 0 bridgehead atoms. The topological polar surface area (TPSA) is 64.2 Å². The van der Waals surface area contributed by atoms with Crippen molar-refractivity contribution >= 4 is 18.3 Å². The highest BCUT2D eigenvalue weighted by Gasteiger charge is 2.27. The number of hydrogen-bond donors (Lipinski definition) is 1. The number of rotatable bonds is 3. The summed E-state index contributed by atoms with van der Waals surface area (Å²) in [5, 5.41) is 4.31. The molecule has 0 saturated carbocycles. The fraction of sp³-hybridized carbons (Fsp3) is 0.375. The van der Waals surface area contributed by atoms with Crippen LogP contribution in [0.1, 0.15) is 29.4 Å². The highest BCUT2D eigenvalue weighted by Crippen LogP contribution is 2.19. The van der Waals surface area contributed by atoms with Gasteiger partial charge in [-0.2, -0.15) is 5.10 Å². The maximum atomic E-state index is 13.1. The first-order chi connectivity index (χ1) is 10.6. The first-order valence-corrected chi connectivity index (χ1v) is 7.48. The van der Waals surface area contributed by atoms with Crippen LogP contribution in [0.5, 0.6) is 0 Å². The number of nitrogens with two attached hydrogens (primary N) is 1. The minimum atomic E-state index is -0.295. The van der Waals surface area contributed by atoms with E-state index in [1.807, 2.05) is 6.92 Å². The van der Waals surface area contributed by atoms with Gasteiger partial charge in [-0.25, -0.2) is 9.07 Å². The molecule has 1 aromatic carbocycles. The summed E-state index contributed by atoms with van der Waals surface area (Å²) in [6.45, 7) is 3.25. The monoisotopic (exact) mass is 338 g/mol. The van der Waals surface area contributed by atoms with E-state index in [4.69, 9.17) is 5.73 Å². The van der Waals surface area contributed by atoms with Gasteiger partial charge < -0.3 is 10.6 Å². The lowest BCUT2D eigenvalue weighted by Gasteiger charge is -2.16. The summed E-state index contributed by atoms with van der Waals surface area (Å²) in [6.07, 6.45) is 3.09. The van der Waals surface area contributed by atoms with E-state index in [9.17, 15) is 9.18 Å². The van der Waals surface area contributed by atoms with Crippen LogP contribution in [0.3, 0.4) is 0 Å². The summed E-state index contributed by atoms with van der Waals surface area (Å²) in [5.74, 6) is -0.325. The molecule has 1 saturated heterocycles. The van der Waals surface area contributed by atoms with Gasteiger partial charge in [-0.1, -0.05) is 6.92 Å². The van der Waals surface area contributed by atoms with Gasteiger partial charge >= 0.3 is 0 Å². The van der Waals surface area contributed by atoms with E-state index >= 15 is 0 Å². The molecule has 1 aliphatic rings. The maximum absolute atomic E-state index is 13.1. The summed E-state index contributed by atoms with van der Waals surface area (Å²) in [4.78, 5) is 14.4. The third-order valence-corrected chi connectivity index (χ3v) is 4.02. The third kappa shape index (κ3) is 3.38. The number of halogens is 2. The molecule has 7 heteroatoms. The zero-order valence-corrected chi connectivity index (χ0v) is 13.7. The standard InChI is InChI=1S/C16H19FN4O.ClH/c1-2-15-14(16(22)20-8-7-12(18)10-20)9-19-21(15)13-5-3-11(17)4-6-13;/h3-6,9,12H,2,7-8,10,18H2,1H3;1H. The van der Waals surface area contributed by atoms with Crippen molar-refractivity contribution in [3.8, 4) is 5.69 Å². The molecule has 0 spiro atoms. The van der Waals surface area contributed by atoms with E-state index in [1.165, 1.54) is 12.1 Å². The van der Waals surface area contributed by atoms with Gasteiger partial charge in [0.15, 0.2) is 0 Å². The molecule has 2 heterocycles. The molecule has 2 aromatic rings. The second-order valence-corrected chi connectivity index (χ2v) is 5.55. The Balaban J connectivity index is 0.00000192. The predicted octanol–water partition coefficient (Wildman–Crippen LogP) is 2.17. The van der Waals surface area contributed by atoms with Gasteiger partial charge in [0.1, 0.15) is 5.82 Å². The van der Waals surface area contributed by atoms with Crippen LogP contribution in [0.25, 0.3) is 5.69 Å². The van der Waals surface area contributed by atoms with Crippen LogP contribution in [-0.4, -0.2) is 39.7 Å². The molecule has 124 valence electrons. The Kier molecular flexibility index (Phi) is 5.38. The summed E-state index contributed by atoms with van der Waals surface area (Å²) < 4.78 is 14.8. The fourth-order valence-corrected chi connectivity index (χ4v) is 2.84. The largest absolute Gasteiger partial charge is 0.337 e. The molecule has 1 fully saturated rings. The smallest absolute Gasteiger partial charge is 0.257 e. The summed E-state index contributed by atoms with van der Waals surface area (Å²) in [5.41, 5.74) is 8.05. The fourth-order valence-electron chi connectivity index (χ4n) is 2.84. The third-order valence-electron chi connectivity index (χ3n) is 4.02. The van der Waals surface area contributed by atoms with E-state index in [1.54, 1.807) is 27.9 Å². The van der Waals surface area contributed by atoms with E-state index in [2.05, 4.69) is 5.10 Å². The molecule has 1 aromatic heterocycles. The second-order valence-electron chi connectivity index (χ2n) is 5.55. The summed E-state index contributed by atoms with van der Waals surface area (Å²) in [7, 11) is 0. The number of carbonyl (C=O) groups is 1. The Morgan fingerprint density at radius 2 is 2.09 bits per heavy atom. The van der Waals surface area contributed by atoms with Crippen molar-refractivity contribution in [3.63, 3.8) is 0 Å². The van der Waals surface area contributed by atoms with Gasteiger partial charge in [0.05, 0.1) is 23.1 Å². The van der Waals surface area contributed by atoms with Crippen LogP contribution in [0, 0.1) is 5.82 Å². The van der Waals surface area contributed by atoms with Crippen LogP contribution in [-0.2, 0) is 6.42 Å². The van der Waals surface area contributed by atoms with Crippen LogP contribution < -0.4 is 5.73 Å². The van der Waals surface area contributed by atoms with Crippen molar-refractivity contribution in [3.05, 3.63) is 47.5 Å². The molecule has 2 N–H and O–H groups in total. The van der Waals surface area contributed by atoms with Crippen molar-refractivity contribution < 1.29 is 9.18 Å². The van der Waals surface area contributed by atoms with Gasteiger partial charge in [-0.05, 0) is 37.1 Å². The molecular formula is C16H20ClFN4O. The minimum Gasteiger partial charge on any atom is -0.337 e. The molecule has 3 rings (SSSR count). The highest BCUT2D eigenvalue weighted by atomic mass is 35.5. The normalized spacial score (nSPS) is 17.2. The highest BCUT2D eigenvalue weighted by molar-refractivity contribution is 5.95. The minimum absolute atomic E-state index is 0. The number of aromatic nitrogens is 2. The van der Waals surface area contributed by atoms with Crippen molar-refractivity contribution in [1.29, 1.82) is 0 Å². The number of hydrogen-bond acceptors (Lipinski definition) is 3. The Morgan fingerprint density at radius 1 is 1.39 bits per heavy atom. The zero-order chi connectivity index (χ0) is 15.7. The lowest BCUT2D eigenvalue weighted by atomic mass is 10.1. The van der Waals surface area contributed by atoms with E-state index < -0.39 is 0 Å². The average molecular weight is 339 g/mol. The number of carbonyl (C=O) groups excluding carboxylic acids is 1. The first kappa shape index (κ1) is 17.4. The van der Waals surface area contributed by atoms with Crippen molar-refractivity contribution in [2.45, 2.75) is 25.8 Å². The molecule has 23 heavy (non-hydrogen) atoms. The van der Waals surface area contributed by atoms with Gasteiger partial charge in [-0.15, -0.1) is 12.4 Å². The molecule has 1 amide bonds. The Hall–Kier alpha value is -1.92. The van der Waals surface area contributed by atoms with Gasteiger partial charge in [0.2, 0.25) is 0 Å². The SMILES string of the molecule is CCc1c(C(=O)N2CCC(N)C2)cnn1-c1ccc(F)cc1.Cl. The molecular weight excluding hydrogens is 319 g/mol. The van der Waals surface area contributed by atoms with Crippen LogP contribution in [0.15, 0.2) is 30.5 Å². The van der Waals surface area contributed by atoms with Crippen LogP contribution in [0.2, 0.25) is 0 Å². The lowest BCUT2D eigenvalue weighted by Crippen LogP contribution is -2.32. The number of amides is 1. The van der Waals surface area contributed by atoms with Crippen LogP contribution in [0.4, 0.5) is 4.39 Å². The maximum Gasteiger partial charge on any atom is 0.257 e. The molecule has 0 radical (unpaired) electrons. The summed E-state index contributed by atoms with van der Waals surface area (Å²) in [6, 6.07) is 6.14. The molecule has 0 aliphatic carbocycles. The Bertz CT molecular complexity index is 686. The summed E-state index contributed by atoms with van der Waals surface area (Å²) >= 11 is 0. The van der Waals surface area contributed by atoms with Crippen molar-refractivity contribution in [2.24, 2.45) is 5.73 Å². The molecule has 1 atom stereocenters. The number of benzene rings is 1. The number of likely N-dealkylation sites (tertiary alicyclic amines) is 1. The van der Waals surface area contributed by atoms with Gasteiger partial charge in [0, 0.05) is 19.1 Å². The van der Waals surface area contributed by atoms with E-state index in [0.29, 0.717) is 25.1 Å². The lowest BCUT2D eigenvalue weighted by molar-refractivity contribution is 0.0790. The Morgan fingerprint density at radius 3 is 2.65 bits per heavy atom.